The zero-order chi connectivity index (χ0) is 14.0. The topological polar surface area (TPSA) is 20.2 Å². The molecule has 0 aliphatic heterocycles. The van der Waals surface area contributed by atoms with Gasteiger partial charge in [0.15, 0.2) is 0 Å². The van der Waals surface area contributed by atoms with Gasteiger partial charge in [-0.2, -0.15) is 0 Å². The number of rotatable bonds is 3. The smallest absolute Gasteiger partial charge is 0.123 e. The molecule has 0 aromatic heterocycles. The summed E-state index contributed by atoms with van der Waals surface area (Å²) in [6, 6.07) is 9.25. The highest BCUT2D eigenvalue weighted by molar-refractivity contribution is 9.10. The van der Waals surface area contributed by atoms with Crippen LogP contribution in [0.5, 0.6) is 0 Å². The third-order valence-corrected chi connectivity index (χ3v) is 4.08. The normalized spacial score (nSPS) is 12.5. The maximum atomic E-state index is 13.2. The highest BCUT2D eigenvalue weighted by atomic mass is 79.9. The highest BCUT2D eigenvalue weighted by Gasteiger charge is 2.14. The van der Waals surface area contributed by atoms with Crippen LogP contribution in [0.4, 0.5) is 4.39 Å². The van der Waals surface area contributed by atoms with Crippen molar-refractivity contribution < 1.29 is 9.50 Å². The average molecular weight is 364 g/mol. The van der Waals surface area contributed by atoms with Gasteiger partial charge in [0, 0.05) is 20.9 Å². The molecule has 19 heavy (non-hydrogen) atoms. The molecule has 2 aromatic rings. The van der Waals surface area contributed by atoms with E-state index in [1.54, 1.807) is 24.3 Å². The maximum absolute atomic E-state index is 13.2. The second-order valence-electron chi connectivity index (χ2n) is 4.12. The lowest BCUT2D eigenvalue weighted by atomic mass is 10.0. The Labute approximate surface area is 129 Å². The third kappa shape index (κ3) is 3.69. The summed E-state index contributed by atoms with van der Waals surface area (Å²) in [4.78, 5) is 0. The van der Waals surface area contributed by atoms with Gasteiger partial charge < -0.3 is 5.11 Å². The lowest BCUT2D eigenvalue weighted by Crippen LogP contribution is -2.03. The fourth-order valence-electron chi connectivity index (χ4n) is 1.79. The standard InChI is InChI=1S/C14H10BrCl2FO/c15-12-4-2-10(18)5-8(12)6-14(19)11-3-1-9(16)7-13(11)17/h1-5,7,14,19H,6H2. The van der Waals surface area contributed by atoms with Gasteiger partial charge >= 0.3 is 0 Å². The molecule has 1 nitrogen and oxygen atoms in total. The van der Waals surface area contributed by atoms with Crippen molar-refractivity contribution in [2.75, 3.05) is 0 Å². The zero-order valence-corrected chi connectivity index (χ0v) is 12.8. The summed E-state index contributed by atoms with van der Waals surface area (Å²) in [5, 5.41) is 11.1. The second-order valence-corrected chi connectivity index (χ2v) is 5.82. The van der Waals surface area contributed by atoms with Crippen molar-refractivity contribution in [3.05, 3.63) is 67.9 Å². The minimum atomic E-state index is -0.817. The number of halogens is 4. The lowest BCUT2D eigenvalue weighted by Gasteiger charge is -2.14. The minimum Gasteiger partial charge on any atom is -0.388 e. The Balaban J connectivity index is 2.25. The van der Waals surface area contributed by atoms with Crippen LogP contribution in [-0.2, 0) is 6.42 Å². The summed E-state index contributed by atoms with van der Waals surface area (Å²) < 4.78 is 13.9. The molecule has 0 saturated heterocycles. The number of hydrogen-bond acceptors (Lipinski definition) is 1. The molecule has 100 valence electrons. The van der Waals surface area contributed by atoms with Crippen molar-refractivity contribution in [2.24, 2.45) is 0 Å². The molecule has 0 saturated carbocycles. The van der Waals surface area contributed by atoms with Crippen LogP contribution in [0.1, 0.15) is 17.2 Å². The molecule has 0 aliphatic carbocycles. The fraction of sp³-hybridized carbons (Fsp3) is 0.143. The first-order valence-electron chi connectivity index (χ1n) is 5.54. The SMILES string of the molecule is OC(Cc1cc(F)ccc1Br)c1ccc(Cl)cc1Cl. The Bertz CT molecular complexity index is 604. The molecular weight excluding hydrogens is 354 g/mol. The molecule has 2 aromatic carbocycles. The number of aliphatic hydroxyl groups excluding tert-OH is 1. The summed E-state index contributed by atoms with van der Waals surface area (Å²) >= 11 is 15.2. The third-order valence-electron chi connectivity index (χ3n) is 2.74. The molecule has 0 aliphatic rings. The highest BCUT2D eigenvalue weighted by Crippen LogP contribution is 2.30. The molecule has 1 unspecified atom stereocenters. The second kappa shape index (κ2) is 6.23. The van der Waals surface area contributed by atoms with Crippen LogP contribution in [0.3, 0.4) is 0 Å². The van der Waals surface area contributed by atoms with E-state index in [9.17, 15) is 9.50 Å². The van der Waals surface area contributed by atoms with E-state index in [4.69, 9.17) is 23.2 Å². The molecule has 0 fully saturated rings. The van der Waals surface area contributed by atoms with E-state index < -0.39 is 6.10 Å². The Kier molecular flexibility index (Phi) is 4.85. The van der Waals surface area contributed by atoms with Crippen molar-refractivity contribution in [2.45, 2.75) is 12.5 Å². The molecule has 5 heteroatoms. The number of aliphatic hydroxyl groups is 1. The van der Waals surface area contributed by atoms with Gasteiger partial charge in [0.25, 0.3) is 0 Å². The number of benzene rings is 2. The molecule has 1 N–H and O–H groups in total. The average Bonchev–Trinajstić information content (AvgIpc) is 2.33. The largest absolute Gasteiger partial charge is 0.388 e. The van der Waals surface area contributed by atoms with E-state index in [1.807, 2.05) is 0 Å². The monoisotopic (exact) mass is 362 g/mol. The minimum absolute atomic E-state index is 0.264. The van der Waals surface area contributed by atoms with Crippen LogP contribution in [0.25, 0.3) is 0 Å². The fourth-order valence-corrected chi connectivity index (χ4v) is 2.73. The molecule has 0 amide bonds. The van der Waals surface area contributed by atoms with Gasteiger partial charge in [-0.15, -0.1) is 0 Å². The van der Waals surface area contributed by atoms with Gasteiger partial charge in [-0.25, -0.2) is 4.39 Å². The summed E-state index contributed by atoms with van der Waals surface area (Å²) in [6.07, 6.45) is -0.553. The lowest BCUT2D eigenvalue weighted by molar-refractivity contribution is 0.178. The predicted molar refractivity (Wildman–Crippen MR) is 79.2 cm³/mol. The van der Waals surface area contributed by atoms with Crippen LogP contribution in [0.2, 0.25) is 10.0 Å². The first kappa shape index (κ1) is 14.8. The molecule has 2 rings (SSSR count). The van der Waals surface area contributed by atoms with Crippen molar-refractivity contribution in [3.63, 3.8) is 0 Å². The summed E-state index contributed by atoms with van der Waals surface area (Å²) in [5.41, 5.74) is 1.25. The first-order chi connectivity index (χ1) is 8.97. The summed E-state index contributed by atoms with van der Waals surface area (Å²) in [5.74, 6) is -0.340. The molecule has 0 heterocycles. The van der Waals surface area contributed by atoms with E-state index in [0.717, 1.165) is 4.47 Å². The Morgan fingerprint density at radius 2 is 1.89 bits per heavy atom. The van der Waals surface area contributed by atoms with Crippen LogP contribution in [0, 0.1) is 5.82 Å². The molecule has 0 spiro atoms. The van der Waals surface area contributed by atoms with Crippen molar-refractivity contribution >= 4 is 39.1 Å². The van der Waals surface area contributed by atoms with Gasteiger partial charge in [0.05, 0.1) is 6.10 Å². The maximum Gasteiger partial charge on any atom is 0.123 e. The van der Waals surface area contributed by atoms with Crippen LogP contribution in [-0.4, -0.2) is 5.11 Å². The van der Waals surface area contributed by atoms with Gasteiger partial charge in [-0.3, -0.25) is 0 Å². The molecular formula is C14H10BrCl2FO. The van der Waals surface area contributed by atoms with Crippen molar-refractivity contribution in [3.8, 4) is 0 Å². The van der Waals surface area contributed by atoms with Crippen LogP contribution in [0.15, 0.2) is 40.9 Å². The predicted octanol–water partition coefficient (Wildman–Crippen LogP) is 5.17. The van der Waals surface area contributed by atoms with E-state index in [1.165, 1.54) is 12.1 Å². The van der Waals surface area contributed by atoms with Gasteiger partial charge in [0.1, 0.15) is 5.82 Å². The molecule has 0 bridgehead atoms. The Morgan fingerprint density at radius 1 is 1.16 bits per heavy atom. The van der Waals surface area contributed by atoms with Gasteiger partial charge in [-0.05, 0) is 41.5 Å². The zero-order valence-electron chi connectivity index (χ0n) is 9.71. The van der Waals surface area contributed by atoms with Crippen LogP contribution < -0.4 is 0 Å². The van der Waals surface area contributed by atoms with Crippen LogP contribution >= 0.6 is 39.1 Å². The Morgan fingerprint density at radius 3 is 2.58 bits per heavy atom. The van der Waals surface area contributed by atoms with E-state index in [2.05, 4.69) is 15.9 Å². The van der Waals surface area contributed by atoms with E-state index in [-0.39, 0.29) is 12.2 Å². The number of hydrogen-bond donors (Lipinski definition) is 1. The van der Waals surface area contributed by atoms with E-state index in [0.29, 0.717) is 21.2 Å². The van der Waals surface area contributed by atoms with Gasteiger partial charge in [0.2, 0.25) is 0 Å². The Hall–Kier alpha value is -0.610. The summed E-state index contributed by atoms with van der Waals surface area (Å²) in [7, 11) is 0. The van der Waals surface area contributed by atoms with Crippen molar-refractivity contribution in [1.29, 1.82) is 0 Å². The summed E-state index contributed by atoms with van der Waals surface area (Å²) in [6.45, 7) is 0. The van der Waals surface area contributed by atoms with Gasteiger partial charge in [-0.1, -0.05) is 45.2 Å². The van der Waals surface area contributed by atoms with E-state index >= 15 is 0 Å². The van der Waals surface area contributed by atoms with Crippen molar-refractivity contribution in [1.82, 2.24) is 0 Å². The molecule has 0 radical (unpaired) electrons. The quantitative estimate of drug-likeness (QED) is 0.797. The first-order valence-corrected chi connectivity index (χ1v) is 7.09. The molecule has 1 atom stereocenters.